The van der Waals surface area contributed by atoms with Crippen molar-refractivity contribution >= 4 is 52.0 Å². The molecule has 30 heavy (non-hydrogen) atoms. The van der Waals surface area contributed by atoms with Crippen molar-refractivity contribution in [1.29, 1.82) is 0 Å². The van der Waals surface area contributed by atoms with E-state index in [1.807, 2.05) is 32.0 Å². The Morgan fingerprint density at radius 1 is 1.17 bits per heavy atom. The number of hydrogen-bond donors (Lipinski definition) is 0. The van der Waals surface area contributed by atoms with Gasteiger partial charge in [-0.05, 0) is 63.4 Å². The van der Waals surface area contributed by atoms with Crippen molar-refractivity contribution < 1.29 is 14.0 Å². The fourth-order valence-corrected chi connectivity index (χ4v) is 3.93. The summed E-state index contributed by atoms with van der Waals surface area (Å²) in [7, 11) is 0. The van der Waals surface area contributed by atoms with Gasteiger partial charge >= 0.3 is 0 Å². The summed E-state index contributed by atoms with van der Waals surface area (Å²) >= 11 is -1.27. The number of imidazole rings is 1. The van der Waals surface area contributed by atoms with E-state index in [4.69, 9.17) is 14.5 Å². The minimum atomic E-state index is -1.27. The zero-order valence-electron chi connectivity index (χ0n) is 19.0. The van der Waals surface area contributed by atoms with Gasteiger partial charge in [0.15, 0.2) is 0 Å². The minimum Gasteiger partial charge on any atom is -0.593 e. The molecule has 0 saturated heterocycles. The second-order valence-electron chi connectivity index (χ2n) is 7.30. The summed E-state index contributed by atoms with van der Waals surface area (Å²) in [6.45, 7) is 11.2. The summed E-state index contributed by atoms with van der Waals surface area (Å²) in [5.41, 5.74) is 5.49. The second kappa shape index (κ2) is 11.0. The third-order valence-electron chi connectivity index (χ3n) is 5.17. The monoisotopic (exact) mass is 438 g/mol. The summed E-state index contributed by atoms with van der Waals surface area (Å²) in [6, 6.07) is 5.90. The van der Waals surface area contributed by atoms with Crippen molar-refractivity contribution in [3.05, 3.63) is 41.1 Å². The standard InChI is InChI=1S/C22H29N3O3S.Na/c1-7-16(4)27-10-11-28-20-8-9-23-21(17(20)5)22-24-18-12-14(2)15(3)13-19(18)25(22)29(6)26;/h8-9,12-13,16H,7,10-11H2,1-6H3;. The zero-order valence-corrected chi connectivity index (χ0v) is 21.8. The molecule has 0 spiro atoms. The van der Waals surface area contributed by atoms with Gasteiger partial charge in [-0.3, -0.25) is 4.98 Å². The number of hydrogen-bond acceptors (Lipinski definition) is 5. The molecule has 3 rings (SSSR count). The molecule has 1 radical (unpaired) electrons. The molecule has 0 amide bonds. The number of rotatable bonds is 8. The van der Waals surface area contributed by atoms with Crippen LogP contribution in [0.4, 0.5) is 0 Å². The molecule has 157 valence electrons. The van der Waals surface area contributed by atoms with Crippen LogP contribution in [-0.4, -0.2) is 73.6 Å². The summed E-state index contributed by atoms with van der Waals surface area (Å²) < 4.78 is 25.9. The summed E-state index contributed by atoms with van der Waals surface area (Å²) in [6.07, 6.45) is 4.55. The molecule has 0 N–H and O–H groups in total. The largest absolute Gasteiger partial charge is 0.593 e. The van der Waals surface area contributed by atoms with Gasteiger partial charge in [-0.1, -0.05) is 6.92 Å². The van der Waals surface area contributed by atoms with Crippen molar-refractivity contribution in [2.75, 3.05) is 19.5 Å². The predicted molar refractivity (Wildman–Crippen MR) is 124 cm³/mol. The topological polar surface area (TPSA) is 72.2 Å². The molecule has 0 aliphatic heterocycles. The first-order chi connectivity index (χ1) is 13.8. The Morgan fingerprint density at radius 2 is 1.87 bits per heavy atom. The molecular formula is C22H29N3NaO3S. The number of benzene rings is 1. The van der Waals surface area contributed by atoms with Crippen molar-refractivity contribution in [2.45, 2.75) is 47.1 Å². The van der Waals surface area contributed by atoms with Crippen molar-refractivity contribution in [1.82, 2.24) is 13.9 Å². The normalized spacial score (nSPS) is 13.2. The van der Waals surface area contributed by atoms with Gasteiger partial charge in [-0.25, -0.2) is 4.98 Å². The van der Waals surface area contributed by atoms with E-state index in [9.17, 15) is 4.55 Å². The fraction of sp³-hybridized carbons (Fsp3) is 0.455. The maximum absolute atomic E-state index is 12.6. The van der Waals surface area contributed by atoms with Gasteiger partial charge in [0.05, 0.1) is 29.6 Å². The van der Waals surface area contributed by atoms with E-state index in [-0.39, 0.29) is 35.7 Å². The van der Waals surface area contributed by atoms with Gasteiger partial charge in [0.1, 0.15) is 29.8 Å². The Balaban J connectivity index is 0.00000320. The molecule has 0 bridgehead atoms. The molecule has 2 atom stereocenters. The molecule has 2 unspecified atom stereocenters. The number of aryl methyl sites for hydroxylation is 2. The minimum absolute atomic E-state index is 0. The number of pyridine rings is 1. The maximum Gasteiger partial charge on any atom is 0.206 e. The molecule has 2 heterocycles. The van der Waals surface area contributed by atoms with E-state index in [0.717, 1.165) is 39.9 Å². The van der Waals surface area contributed by atoms with Crippen molar-refractivity contribution in [3.8, 4) is 17.3 Å². The molecule has 3 aromatic rings. The molecule has 1 aromatic carbocycles. The van der Waals surface area contributed by atoms with Gasteiger partial charge in [0, 0.05) is 41.3 Å². The quantitative estimate of drug-likeness (QED) is 0.302. The Bertz CT molecular complexity index is 1010. The number of ether oxygens (including phenoxy) is 2. The summed E-state index contributed by atoms with van der Waals surface area (Å²) in [4.78, 5) is 9.30. The molecule has 0 saturated carbocycles. The second-order valence-corrected chi connectivity index (χ2v) is 8.51. The first-order valence-corrected chi connectivity index (χ1v) is 11.4. The third-order valence-corrected chi connectivity index (χ3v) is 6.05. The Morgan fingerprint density at radius 3 is 2.53 bits per heavy atom. The number of fused-ring (bicyclic) bond motifs is 1. The van der Waals surface area contributed by atoms with E-state index in [0.29, 0.717) is 24.7 Å². The molecular weight excluding hydrogens is 409 g/mol. The smallest absolute Gasteiger partial charge is 0.206 e. The fourth-order valence-electron chi connectivity index (χ4n) is 3.14. The molecule has 8 heteroatoms. The van der Waals surface area contributed by atoms with E-state index in [1.165, 1.54) is 0 Å². The average molecular weight is 439 g/mol. The van der Waals surface area contributed by atoms with Crippen LogP contribution in [0.1, 0.15) is 37.0 Å². The van der Waals surface area contributed by atoms with Crippen LogP contribution in [-0.2, 0) is 16.1 Å². The van der Waals surface area contributed by atoms with Gasteiger partial charge in [-0.15, -0.1) is 3.97 Å². The van der Waals surface area contributed by atoms with Crippen LogP contribution in [0.3, 0.4) is 0 Å². The van der Waals surface area contributed by atoms with Gasteiger partial charge < -0.3 is 14.0 Å². The van der Waals surface area contributed by atoms with E-state index < -0.39 is 11.4 Å². The van der Waals surface area contributed by atoms with E-state index >= 15 is 0 Å². The summed E-state index contributed by atoms with van der Waals surface area (Å²) in [5.74, 6) is 1.32. The van der Waals surface area contributed by atoms with Crippen LogP contribution in [0, 0.1) is 20.8 Å². The zero-order chi connectivity index (χ0) is 21.1. The van der Waals surface area contributed by atoms with Crippen LogP contribution in [0.2, 0.25) is 0 Å². The van der Waals surface area contributed by atoms with Crippen LogP contribution < -0.4 is 4.74 Å². The first kappa shape index (κ1) is 25.2. The van der Waals surface area contributed by atoms with Crippen LogP contribution >= 0.6 is 0 Å². The van der Waals surface area contributed by atoms with Gasteiger partial charge in [0.2, 0.25) is 5.82 Å². The predicted octanol–water partition coefficient (Wildman–Crippen LogP) is 3.98. The molecule has 2 aromatic heterocycles. The Kier molecular flexibility index (Phi) is 9.21. The van der Waals surface area contributed by atoms with E-state index in [1.54, 1.807) is 16.4 Å². The van der Waals surface area contributed by atoms with Gasteiger partial charge in [-0.2, -0.15) is 0 Å². The molecule has 6 nitrogen and oxygen atoms in total. The maximum atomic E-state index is 12.6. The number of aromatic nitrogens is 3. The Labute approximate surface area is 204 Å². The first-order valence-electron chi connectivity index (χ1n) is 9.87. The molecule has 0 aliphatic carbocycles. The van der Waals surface area contributed by atoms with Crippen LogP contribution in [0.15, 0.2) is 24.4 Å². The third kappa shape index (κ3) is 5.39. The molecule has 0 aliphatic rings. The van der Waals surface area contributed by atoms with Gasteiger partial charge in [0.25, 0.3) is 0 Å². The molecule has 0 fully saturated rings. The Hall–Kier alpha value is -1.09. The van der Waals surface area contributed by atoms with Crippen LogP contribution in [0.5, 0.6) is 5.75 Å². The number of nitrogens with zero attached hydrogens (tertiary/aromatic N) is 3. The van der Waals surface area contributed by atoms with Crippen molar-refractivity contribution in [3.63, 3.8) is 0 Å². The van der Waals surface area contributed by atoms with Crippen molar-refractivity contribution in [2.24, 2.45) is 0 Å². The van der Waals surface area contributed by atoms with E-state index in [2.05, 4.69) is 25.8 Å². The average Bonchev–Trinajstić information content (AvgIpc) is 3.04. The van der Waals surface area contributed by atoms with Crippen LogP contribution in [0.25, 0.3) is 22.6 Å². The summed E-state index contributed by atoms with van der Waals surface area (Å²) in [5, 5.41) is 0. The SMILES string of the molecule is CCC(C)OCCOc1ccnc(-c2nc3cc(C)c(C)cc3n2[S+](C)[O-])c1C.[Na].